The van der Waals surface area contributed by atoms with Gasteiger partial charge in [0.25, 0.3) is 9.70 Å². The van der Waals surface area contributed by atoms with Crippen molar-refractivity contribution >= 4 is 40.7 Å². The molecule has 72 valence electrons. The Labute approximate surface area is 86.9 Å². The van der Waals surface area contributed by atoms with Crippen molar-refractivity contribution in [2.24, 2.45) is 0 Å². The highest BCUT2D eigenvalue weighted by Gasteiger charge is 2.29. The van der Waals surface area contributed by atoms with Crippen LogP contribution in [-0.4, -0.2) is 41.8 Å². The van der Waals surface area contributed by atoms with E-state index in [1.165, 1.54) is 0 Å². The molecule has 0 aromatic rings. The normalized spacial score (nSPS) is 11.8. The van der Waals surface area contributed by atoms with Crippen molar-refractivity contribution < 1.29 is 4.79 Å². The quantitative estimate of drug-likeness (QED) is 0.739. The molecule has 0 fully saturated rings. The first kappa shape index (κ1) is 12.3. The van der Waals surface area contributed by atoms with Gasteiger partial charge < -0.3 is 10.2 Å². The fraction of sp³-hybridized carbons (Fsp3) is 0.833. The Morgan fingerprint density at radius 2 is 1.92 bits per heavy atom. The van der Waals surface area contributed by atoms with Gasteiger partial charge in [0.2, 0.25) is 0 Å². The number of likely N-dealkylation sites (N-methyl/N-ethyl adjacent to an activating group) is 1. The number of nitrogens with one attached hydrogen (secondary N) is 1. The van der Waals surface area contributed by atoms with Gasteiger partial charge in [0.1, 0.15) is 0 Å². The number of nitrogens with zero attached hydrogens (tertiary/aromatic N) is 1. The number of rotatable bonds is 3. The number of carbonyl (C=O) groups excluding carboxylic acids is 1. The molecule has 0 spiro atoms. The van der Waals surface area contributed by atoms with Gasteiger partial charge >= 0.3 is 0 Å². The molecule has 0 aliphatic heterocycles. The lowest BCUT2D eigenvalue weighted by Crippen LogP contribution is -2.38. The second-order valence-electron chi connectivity index (χ2n) is 2.56. The molecule has 1 N–H and O–H groups in total. The number of hydrogen-bond donors (Lipinski definition) is 1. The van der Waals surface area contributed by atoms with Crippen LogP contribution >= 0.6 is 34.8 Å². The van der Waals surface area contributed by atoms with Crippen LogP contribution in [0.25, 0.3) is 0 Å². The molecule has 1 amide bonds. The molecule has 0 aromatic heterocycles. The zero-order valence-electron chi connectivity index (χ0n) is 6.90. The third kappa shape index (κ3) is 5.89. The predicted molar refractivity (Wildman–Crippen MR) is 51.9 cm³/mol. The van der Waals surface area contributed by atoms with Crippen LogP contribution in [0.4, 0.5) is 0 Å². The first-order chi connectivity index (χ1) is 5.34. The van der Waals surface area contributed by atoms with Crippen LogP contribution in [0.5, 0.6) is 0 Å². The molecule has 3 nitrogen and oxygen atoms in total. The zero-order valence-corrected chi connectivity index (χ0v) is 9.17. The van der Waals surface area contributed by atoms with Gasteiger partial charge in [0.05, 0.1) is 0 Å². The Morgan fingerprint density at radius 1 is 1.42 bits per heavy atom. The molecule has 0 bridgehead atoms. The maximum absolute atomic E-state index is 10.9. The van der Waals surface area contributed by atoms with Crippen molar-refractivity contribution in [1.82, 2.24) is 10.2 Å². The van der Waals surface area contributed by atoms with E-state index in [0.29, 0.717) is 13.1 Å². The van der Waals surface area contributed by atoms with E-state index in [4.69, 9.17) is 34.8 Å². The molecule has 0 saturated carbocycles. The monoisotopic (exact) mass is 232 g/mol. The van der Waals surface area contributed by atoms with E-state index in [2.05, 4.69) is 5.32 Å². The molecular formula is C6H11Cl3N2O. The molecule has 6 heteroatoms. The SMILES string of the molecule is CN(C)CCNC(=O)C(Cl)(Cl)Cl. The van der Waals surface area contributed by atoms with Crippen molar-refractivity contribution in [1.29, 1.82) is 0 Å². The summed E-state index contributed by atoms with van der Waals surface area (Å²) in [5.41, 5.74) is 0. The van der Waals surface area contributed by atoms with E-state index in [-0.39, 0.29) is 0 Å². The molecule has 0 saturated heterocycles. The van der Waals surface area contributed by atoms with Crippen LogP contribution < -0.4 is 5.32 Å². The fourth-order valence-corrected chi connectivity index (χ4v) is 0.694. The Kier molecular flexibility index (Phi) is 5.25. The molecule has 0 rings (SSSR count). The minimum Gasteiger partial charge on any atom is -0.351 e. The van der Waals surface area contributed by atoms with Crippen molar-refractivity contribution in [2.75, 3.05) is 27.2 Å². The summed E-state index contributed by atoms with van der Waals surface area (Å²) in [6, 6.07) is 0. The third-order valence-electron chi connectivity index (χ3n) is 1.10. The number of hydrogen-bond acceptors (Lipinski definition) is 2. The molecule has 0 aromatic carbocycles. The standard InChI is InChI=1S/C6H11Cl3N2O/c1-11(2)4-3-10-5(12)6(7,8)9/h3-4H2,1-2H3,(H,10,12). The average molecular weight is 234 g/mol. The van der Waals surface area contributed by atoms with Gasteiger partial charge in [-0.15, -0.1) is 0 Å². The van der Waals surface area contributed by atoms with Gasteiger partial charge in [-0.25, -0.2) is 0 Å². The Bertz CT molecular complexity index is 155. The molecular weight excluding hydrogens is 222 g/mol. The molecule has 12 heavy (non-hydrogen) atoms. The van der Waals surface area contributed by atoms with Crippen LogP contribution in [0.3, 0.4) is 0 Å². The van der Waals surface area contributed by atoms with E-state index in [1.807, 2.05) is 19.0 Å². The molecule has 0 aliphatic rings. The number of amides is 1. The number of alkyl halides is 3. The Morgan fingerprint density at radius 3 is 2.25 bits per heavy atom. The van der Waals surface area contributed by atoms with Gasteiger partial charge in [-0.2, -0.15) is 0 Å². The molecule has 0 aliphatic carbocycles. The van der Waals surface area contributed by atoms with E-state index >= 15 is 0 Å². The summed E-state index contributed by atoms with van der Waals surface area (Å²) in [4.78, 5) is 12.8. The minimum absolute atomic E-state index is 0.472. The lowest BCUT2D eigenvalue weighted by atomic mass is 10.5. The molecule has 0 heterocycles. The van der Waals surface area contributed by atoms with Crippen molar-refractivity contribution in [3.8, 4) is 0 Å². The largest absolute Gasteiger partial charge is 0.351 e. The molecule has 0 atom stereocenters. The second kappa shape index (κ2) is 5.12. The van der Waals surface area contributed by atoms with E-state index in [0.717, 1.165) is 0 Å². The zero-order chi connectivity index (χ0) is 9.78. The maximum atomic E-state index is 10.9. The van der Waals surface area contributed by atoms with Gasteiger partial charge in [-0.3, -0.25) is 4.79 Å². The second-order valence-corrected chi connectivity index (χ2v) is 4.84. The van der Waals surface area contributed by atoms with Crippen molar-refractivity contribution in [3.05, 3.63) is 0 Å². The maximum Gasteiger partial charge on any atom is 0.272 e. The summed E-state index contributed by atoms with van der Waals surface area (Å²) in [6.07, 6.45) is 0. The summed E-state index contributed by atoms with van der Waals surface area (Å²) in [7, 11) is 3.78. The fourth-order valence-electron chi connectivity index (χ4n) is 0.493. The van der Waals surface area contributed by atoms with Gasteiger partial charge in [-0.1, -0.05) is 34.8 Å². The third-order valence-corrected chi connectivity index (χ3v) is 1.62. The highest BCUT2D eigenvalue weighted by molar-refractivity contribution is 6.76. The van der Waals surface area contributed by atoms with Gasteiger partial charge in [0.15, 0.2) is 0 Å². The topological polar surface area (TPSA) is 32.3 Å². The molecule has 0 radical (unpaired) electrons. The molecule has 0 unspecified atom stereocenters. The van der Waals surface area contributed by atoms with Gasteiger partial charge in [0, 0.05) is 13.1 Å². The smallest absolute Gasteiger partial charge is 0.272 e. The van der Waals surface area contributed by atoms with Crippen molar-refractivity contribution in [2.45, 2.75) is 3.79 Å². The number of halogens is 3. The average Bonchev–Trinajstić information content (AvgIpc) is 1.84. The van der Waals surface area contributed by atoms with Gasteiger partial charge in [-0.05, 0) is 14.1 Å². The first-order valence-electron chi connectivity index (χ1n) is 3.34. The summed E-state index contributed by atoms with van der Waals surface area (Å²) >= 11 is 15.9. The summed E-state index contributed by atoms with van der Waals surface area (Å²) in [5.74, 6) is -0.589. The van der Waals surface area contributed by atoms with Crippen LogP contribution in [-0.2, 0) is 4.79 Å². The van der Waals surface area contributed by atoms with E-state index < -0.39 is 9.70 Å². The highest BCUT2D eigenvalue weighted by atomic mass is 35.6. The first-order valence-corrected chi connectivity index (χ1v) is 4.47. The Balaban J connectivity index is 3.59. The summed E-state index contributed by atoms with van der Waals surface area (Å²) < 4.78 is -1.85. The van der Waals surface area contributed by atoms with Crippen LogP contribution in [0.15, 0.2) is 0 Å². The van der Waals surface area contributed by atoms with E-state index in [1.54, 1.807) is 0 Å². The lowest BCUT2D eigenvalue weighted by Gasteiger charge is -2.13. The predicted octanol–water partition coefficient (Wildman–Crippen LogP) is 1.03. The van der Waals surface area contributed by atoms with E-state index in [9.17, 15) is 4.79 Å². The lowest BCUT2D eigenvalue weighted by molar-refractivity contribution is -0.120. The summed E-state index contributed by atoms with van der Waals surface area (Å²) in [6.45, 7) is 1.19. The summed E-state index contributed by atoms with van der Waals surface area (Å²) in [5, 5.41) is 2.48. The Hall–Kier alpha value is 0.300. The van der Waals surface area contributed by atoms with Crippen LogP contribution in [0.1, 0.15) is 0 Å². The van der Waals surface area contributed by atoms with Crippen LogP contribution in [0, 0.1) is 0 Å². The van der Waals surface area contributed by atoms with Crippen LogP contribution in [0.2, 0.25) is 0 Å². The highest BCUT2D eigenvalue weighted by Crippen LogP contribution is 2.25. The van der Waals surface area contributed by atoms with Crippen molar-refractivity contribution in [3.63, 3.8) is 0 Å². The number of carbonyl (C=O) groups is 1. The minimum atomic E-state index is -1.85.